The van der Waals surface area contributed by atoms with E-state index in [0.29, 0.717) is 48.3 Å². The highest BCUT2D eigenvalue weighted by atomic mass is 16.8. The van der Waals surface area contributed by atoms with E-state index in [-0.39, 0.29) is 23.0 Å². The van der Waals surface area contributed by atoms with Crippen molar-refractivity contribution in [2.24, 2.45) is 46.3 Å². The van der Waals surface area contributed by atoms with E-state index in [4.69, 9.17) is 37.9 Å². The predicted octanol–water partition coefficient (Wildman–Crippen LogP) is 0.214. The van der Waals surface area contributed by atoms with Crippen LogP contribution in [0.1, 0.15) is 92.4 Å². The van der Waals surface area contributed by atoms with Crippen LogP contribution >= 0.6 is 0 Å². The summed E-state index contributed by atoms with van der Waals surface area (Å²) in [7, 11) is 0. The third kappa shape index (κ3) is 7.49. The number of hydrogen-bond acceptors (Lipinski definition) is 17. The Morgan fingerprint density at radius 1 is 0.677 bits per heavy atom. The first-order valence-corrected chi connectivity index (χ1v) is 23.4. The molecule has 0 aromatic heterocycles. The maximum atomic E-state index is 12.0. The first kappa shape index (κ1) is 46.2. The molecule has 8 fully saturated rings. The van der Waals surface area contributed by atoms with Gasteiger partial charge in [0, 0.05) is 12.3 Å². The van der Waals surface area contributed by atoms with Crippen molar-refractivity contribution in [3.63, 3.8) is 0 Å². The fourth-order valence-electron chi connectivity index (χ4n) is 14.0. The van der Waals surface area contributed by atoms with Gasteiger partial charge in [-0.1, -0.05) is 39.3 Å². The van der Waals surface area contributed by atoms with Gasteiger partial charge in [0.1, 0.15) is 67.1 Å². The van der Waals surface area contributed by atoms with Gasteiger partial charge in [-0.25, -0.2) is 0 Å². The zero-order chi connectivity index (χ0) is 44.2. The molecule has 5 saturated heterocycles. The summed E-state index contributed by atoms with van der Waals surface area (Å²) in [5.41, 5.74) is 1.48. The van der Waals surface area contributed by atoms with E-state index >= 15 is 0 Å². The summed E-state index contributed by atoms with van der Waals surface area (Å²) in [5, 5.41) is 95.7. The van der Waals surface area contributed by atoms with Gasteiger partial charge in [-0.3, -0.25) is 0 Å². The smallest absolute Gasteiger partial charge is 0.187 e. The molecule has 3 saturated carbocycles. The molecule has 1 spiro atoms. The summed E-state index contributed by atoms with van der Waals surface area (Å²) in [6.07, 6.45) is -12.0. The summed E-state index contributed by atoms with van der Waals surface area (Å²) in [5.74, 6) is 2.56. The molecular formula is C45H72O17. The molecule has 17 nitrogen and oxygen atoms in total. The number of rotatable bonds is 8. The van der Waals surface area contributed by atoms with Gasteiger partial charge in [0.15, 0.2) is 24.7 Å². The van der Waals surface area contributed by atoms with Gasteiger partial charge < -0.3 is 83.9 Å². The second-order valence-electron chi connectivity index (χ2n) is 21.1. The lowest BCUT2D eigenvalue weighted by Gasteiger charge is -2.58. The summed E-state index contributed by atoms with van der Waals surface area (Å²) in [4.78, 5) is 0. The number of fused-ring (bicyclic) bond motifs is 7. The van der Waals surface area contributed by atoms with E-state index in [9.17, 15) is 46.0 Å². The fraction of sp³-hybridized carbons (Fsp3) is 0.956. The maximum absolute atomic E-state index is 12.0. The highest BCUT2D eigenvalue weighted by Gasteiger charge is 2.69. The van der Waals surface area contributed by atoms with E-state index < -0.39 is 111 Å². The zero-order valence-corrected chi connectivity index (χ0v) is 36.6. The van der Waals surface area contributed by atoms with Gasteiger partial charge in [-0.2, -0.15) is 0 Å². The standard InChI is InChI=1S/C45H72O17/c1-19-8-13-45(55-18-19)20(2)30-27(62-45)15-26-24-7-6-22-14-23(9-11-43(22,4)25(24)10-12-44(26,30)5)57-42-39(61-40-35(52)33(50)31(48)21(3)56-40)37(54)38(29(17-47)59-42)60-41-36(53)34(51)32(49)28(16-46)58-41/h6,19-21,23-42,46-54H,7-18H2,1-5H3/t19-,20-,21-,23-,24?,25?,26?,27?,28+,29+,30?,31-,32+,33+,34-,35+,36+,37-,38+,39+,40-,41-,42+,43-,44-,45+/m0/s1. The topological polar surface area (TPSA) is 256 Å². The number of allylic oxidation sites excluding steroid dienone is 1. The molecule has 0 aromatic rings. The normalized spacial score (nSPS) is 57.6. The Balaban J connectivity index is 0.917. The minimum absolute atomic E-state index is 0.0356. The predicted molar refractivity (Wildman–Crippen MR) is 214 cm³/mol. The molecule has 0 bridgehead atoms. The average molecular weight is 885 g/mol. The second kappa shape index (κ2) is 17.3. The maximum Gasteiger partial charge on any atom is 0.187 e. The molecule has 9 aliphatic rings. The molecule has 0 radical (unpaired) electrons. The first-order valence-electron chi connectivity index (χ1n) is 23.4. The van der Waals surface area contributed by atoms with E-state index in [2.05, 4.69) is 33.8 Å². The van der Waals surface area contributed by atoms with E-state index in [0.717, 1.165) is 51.6 Å². The van der Waals surface area contributed by atoms with Crippen LogP contribution in [-0.4, -0.2) is 176 Å². The fourth-order valence-corrected chi connectivity index (χ4v) is 14.0. The highest BCUT2D eigenvalue weighted by molar-refractivity contribution is 5.26. The Hall–Kier alpha value is -0.940. The SMILES string of the molecule is C[C@H]1CC[C@@]2(OC1)OC1CC3C4CC=C5C[C@@H](O[C@@H]6O[C@H](CO)[C@@H](O[C@@H]7O[C@H](CO)[C@@H](O)[C@H](O)[C@H]7O)[C@H](O)[C@H]6O[C@@H]6O[C@@H](C)[C@H](O)[C@@H](O)[C@H]6O)CC[C@]5(C)C4CC[C@]3(C)C1[C@@H]2C. The lowest BCUT2D eigenvalue weighted by atomic mass is 9.47. The number of aliphatic hydroxyl groups excluding tert-OH is 9. The molecule has 5 unspecified atom stereocenters. The van der Waals surface area contributed by atoms with Crippen molar-refractivity contribution >= 4 is 0 Å². The van der Waals surface area contributed by atoms with Crippen LogP contribution in [0.2, 0.25) is 0 Å². The Kier molecular flexibility index (Phi) is 12.9. The van der Waals surface area contributed by atoms with Crippen molar-refractivity contribution < 1.29 is 83.9 Å². The van der Waals surface area contributed by atoms with Crippen molar-refractivity contribution in [1.29, 1.82) is 0 Å². The van der Waals surface area contributed by atoms with Crippen LogP contribution in [-0.2, 0) is 37.9 Å². The molecule has 17 heteroatoms. The molecule has 62 heavy (non-hydrogen) atoms. The summed E-state index contributed by atoms with van der Waals surface area (Å²) >= 11 is 0. The van der Waals surface area contributed by atoms with Gasteiger partial charge >= 0.3 is 0 Å². The monoisotopic (exact) mass is 884 g/mol. The third-order valence-electron chi connectivity index (χ3n) is 17.7. The quantitative estimate of drug-likeness (QED) is 0.148. The lowest BCUT2D eigenvalue weighted by Crippen LogP contribution is -2.67. The zero-order valence-electron chi connectivity index (χ0n) is 36.6. The highest BCUT2D eigenvalue weighted by Crippen LogP contribution is 2.70. The summed E-state index contributed by atoms with van der Waals surface area (Å²) in [6, 6.07) is 0. The van der Waals surface area contributed by atoms with Gasteiger partial charge in [0.05, 0.1) is 38.1 Å². The van der Waals surface area contributed by atoms with Crippen molar-refractivity contribution in [2.45, 2.75) is 203 Å². The number of aliphatic hydroxyl groups is 9. The molecule has 354 valence electrons. The molecule has 0 aromatic carbocycles. The Labute approximate surface area is 363 Å². The van der Waals surface area contributed by atoms with Gasteiger partial charge in [-0.05, 0) is 98.7 Å². The minimum atomic E-state index is -1.82. The Morgan fingerprint density at radius 2 is 1.35 bits per heavy atom. The molecule has 9 rings (SSSR count). The van der Waals surface area contributed by atoms with Crippen LogP contribution in [0.4, 0.5) is 0 Å². The van der Waals surface area contributed by atoms with Crippen LogP contribution in [0, 0.1) is 46.3 Å². The third-order valence-corrected chi connectivity index (χ3v) is 17.7. The lowest BCUT2D eigenvalue weighted by molar-refractivity contribution is -0.389. The summed E-state index contributed by atoms with van der Waals surface area (Å²) < 4.78 is 49.9. The second-order valence-corrected chi connectivity index (χ2v) is 21.1. The van der Waals surface area contributed by atoms with E-state index in [1.54, 1.807) is 0 Å². The average Bonchev–Trinajstić information content (AvgIpc) is 3.70. The minimum Gasteiger partial charge on any atom is -0.394 e. The number of ether oxygens (including phenoxy) is 8. The van der Waals surface area contributed by atoms with Crippen LogP contribution in [0.25, 0.3) is 0 Å². The van der Waals surface area contributed by atoms with Crippen molar-refractivity contribution in [1.82, 2.24) is 0 Å². The molecule has 0 amide bonds. The molecule has 4 aliphatic carbocycles. The van der Waals surface area contributed by atoms with Crippen LogP contribution in [0.3, 0.4) is 0 Å². The van der Waals surface area contributed by atoms with Crippen LogP contribution in [0.15, 0.2) is 11.6 Å². The van der Waals surface area contributed by atoms with E-state index in [1.165, 1.54) is 12.5 Å². The van der Waals surface area contributed by atoms with E-state index in [1.807, 2.05) is 0 Å². The van der Waals surface area contributed by atoms with Gasteiger partial charge in [0.2, 0.25) is 0 Å². The van der Waals surface area contributed by atoms with Crippen LogP contribution < -0.4 is 0 Å². The van der Waals surface area contributed by atoms with Crippen LogP contribution in [0.5, 0.6) is 0 Å². The van der Waals surface area contributed by atoms with Gasteiger partial charge in [-0.15, -0.1) is 0 Å². The van der Waals surface area contributed by atoms with Crippen molar-refractivity contribution in [2.75, 3.05) is 19.8 Å². The van der Waals surface area contributed by atoms with Crippen molar-refractivity contribution in [3.05, 3.63) is 11.6 Å². The largest absolute Gasteiger partial charge is 0.394 e. The summed E-state index contributed by atoms with van der Waals surface area (Å²) in [6.45, 7) is 10.4. The Bertz CT molecular complexity index is 1610. The molecule has 26 atom stereocenters. The van der Waals surface area contributed by atoms with Crippen molar-refractivity contribution in [3.8, 4) is 0 Å². The van der Waals surface area contributed by atoms with Gasteiger partial charge in [0.25, 0.3) is 0 Å². The Morgan fingerprint density at radius 3 is 2.05 bits per heavy atom. The first-order chi connectivity index (χ1) is 29.4. The molecule has 9 N–H and O–H groups in total. The molecule has 5 heterocycles. The number of hydrogen-bond donors (Lipinski definition) is 9. The molecular weight excluding hydrogens is 812 g/mol. The molecule has 5 aliphatic heterocycles.